The number of carbonyl (C=O) groups excluding carboxylic acids is 1. The van der Waals surface area contributed by atoms with Crippen LogP contribution in [0.4, 0.5) is 5.69 Å². The summed E-state index contributed by atoms with van der Waals surface area (Å²) in [4.78, 5) is 12.0. The van der Waals surface area contributed by atoms with E-state index in [0.717, 1.165) is 22.6 Å². The lowest BCUT2D eigenvalue weighted by molar-refractivity contribution is -0.116. The summed E-state index contributed by atoms with van der Waals surface area (Å²) in [7, 11) is 0. The zero-order valence-corrected chi connectivity index (χ0v) is 12.5. The van der Waals surface area contributed by atoms with Crippen molar-refractivity contribution in [3.63, 3.8) is 0 Å². The number of nitrogens with zero attached hydrogens (tertiary/aromatic N) is 1. The molecule has 1 aliphatic heterocycles. The normalized spacial score (nSPS) is 16.9. The van der Waals surface area contributed by atoms with Crippen LogP contribution in [0.25, 0.3) is 11.5 Å². The highest BCUT2D eigenvalue weighted by molar-refractivity contribution is 5.95. The van der Waals surface area contributed by atoms with Crippen LogP contribution in [0.15, 0.2) is 40.9 Å². The van der Waals surface area contributed by atoms with Gasteiger partial charge >= 0.3 is 0 Å². The van der Waals surface area contributed by atoms with Gasteiger partial charge in [-0.3, -0.25) is 9.89 Å². The fraction of sp³-hybridized carbons (Fsp3) is 0.176. The molecule has 2 aromatic heterocycles. The number of aromatic amines is 1. The Morgan fingerprint density at radius 1 is 1.30 bits per heavy atom. The third-order valence-corrected chi connectivity index (χ3v) is 4.14. The number of hydrogen-bond donors (Lipinski definition) is 3. The van der Waals surface area contributed by atoms with E-state index in [4.69, 9.17) is 4.42 Å². The second-order valence-corrected chi connectivity index (χ2v) is 5.70. The first-order chi connectivity index (χ1) is 11.1. The third-order valence-electron chi connectivity index (χ3n) is 4.14. The van der Waals surface area contributed by atoms with Gasteiger partial charge in [0.05, 0.1) is 5.92 Å². The number of phenols is 1. The first-order valence-corrected chi connectivity index (χ1v) is 7.34. The number of phenolic OH excluding ortho intramolecular Hbond substituents is 1. The molecule has 6 nitrogen and oxygen atoms in total. The van der Waals surface area contributed by atoms with Crippen molar-refractivity contribution in [2.45, 2.75) is 19.3 Å². The zero-order chi connectivity index (χ0) is 16.0. The third kappa shape index (κ3) is 2.28. The van der Waals surface area contributed by atoms with E-state index in [1.807, 2.05) is 31.2 Å². The van der Waals surface area contributed by atoms with Crippen molar-refractivity contribution in [1.82, 2.24) is 10.2 Å². The maximum absolute atomic E-state index is 12.0. The van der Waals surface area contributed by atoms with Crippen molar-refractivity contribution in [3.05, 3.63) is 53.4 Å². The second-order valence-electron chi connectivity index (χ2n) is 5.70. The maximum Gasteiger partial charge on any atom is 0.225 e. The number of aromatic hydroxyl groups is 1. The van der Waals surface area contributed by atoms with Crippen LogP contribution >= 0.6 is 0 Å². The smallest absolute Gasteiger partial charge is 0.225 e. The number of hydrogen-bond acceptors (Lipinski definition) is 4. The van der Waals surface area contributed by atoms with E-state index in [0.29, 0.717) is 17.9 Å². The molecule has 4 rings (SSSR count). The Morgan fingerprint density at radius 3 is 2.96 bits per heavy atom. The van der Waals surface area contributed by atoms with Crippen molar-refractivity contribution < 1.29 is 14.3 Å². The quantitative estimate of drug-likeness (QED) is 0.678. The van der Waals surface area contributed by atoms with Crippen molar-refractivity contribution in [1.29, 1.82) is 0 Å². The summed E-state index contributed by atoms with van der Waals surface area (Å²) in [6.07, 6.45) is 1.97. The van der Waals surface area contributed by atoms with Crippen molar-refractivity contribution in [3.8, 4) is 17.2 Å². The number of aryl methyl sites for hydroxylation is 1. The number of aromatic nitrogens is 2. The van der Waals surface area contributed by atoms with Gasteiger partial charge in [-0.1, -0.05) is 0 Å². The fourth-order valence-corrected chi connectivity index (χ4v) is 2.94. The number of furan rings is 1. The Kier molecular flexibility index (Phi) is 2.97. The van der Waals surface area contributed by atoms with E-state index in [1.54, 1.807) is 12.3 Å². The lowest BCUT2D eigenvalue weighted by Crippen LogP contribution is -2.23. The molecule has 1 atom stereocenters. The number of rotatable bonds is 2. The Labute approximate surface area is 132 Å². The predicted octanol–water partition coefficient (Wildman–Crippen LogP) is 3.16. The van der Waals surface area contributed by atoms with Crippen molar-refractivity contribution >= 4 is 11.6 Å². The molecular weight excluding hydrogens is 294 g/mol. The molecule has 0 spiro atoms. The molecule has 0 unspecified atom stereocenters. The number of amides is 1. The molecule has 23 heavy (non-hydrogen) atoms. The van der Waals surface area contributed by atoms with Gasteiger partial charge in [0, 0.05) is 24.4 Å². The molecule has 1 amide bonds. The average molecular weight is 309 g/mol. The Balaban J connectivity index is 1.78. The van der Waals surface area contributed by atoms with Crippen LogP contribution in [0, 0.1) is 6.92 Å². The molecule has 3 heterocycles. The van der Waals surface area contributed by atoms with Gasteiger partial charge in [-0.2, -0.15) is 5.10 Å². The summed E-state index contributed by atoms with van der Waals surface area (Å²) in [5.41, 5.74) is 3.14. The summed E-state index contributed by atoms with van der Waals surface area (Å²) in [6.45, 7) is 1.83. The van der Waals surface area contributed by atoms with Gasteiger partial charge in [-0.25, -0.2) is 0 Å². The highest BCUT2D eigenvalue weighted by Crippen LogP contribution is 2.41. The number of nitrogens with one attached hydrogen (secondary N) is 2. The van der Waals surface area contributed by atoms with Crippen LogP contribution in [0.3, 0.4) is 0 Å². The SMILES string of the molecule is Cc1cc2c(cc1O)NC(=O)C[C@@H]2c1ccc(-c2ccn[nH]2)o1. The Hall–Kier alpha value is -3.02. The minimum atomic E-state index is -0.172. The van der Waals surface area contributed by atoms with Crippen LogP contribution in [0.1, 0.15) is 29.2 Å². The monoisotopic (exact) mass is 309 g/mol. The standard InChI is InChI=1S/C17H15N3O3/c1-9-6-10-11(7-17(22)19-13(10)8-14(9)21)15-2-3-16(23-15)12-4-5-18-20-12/h2-6,8,11,21H,7H2,1H3,(H,18,20)(H,19,22)/t11-/m0/s1. The van der Waals surface area contributed by atoms with E-state index >= 15 is 0 Å². The molecule has 0 saturated carbocycles. The first kappa shape index (κ1) is 13.6. The number of H-pyrrole nitrogens is 1. The summed E-state index contributed by atoms with van der Waals surface area (Å²) in [6, 6.07) is 9.06. The first-order valence-electron chi connectivity index (χ1n) is 7.34. The molecule has 1 aromatic carbocycles. The molecule has 1 aliphatic rings. The van der Waals surface area contributed by atoms with Crippen LogP contribution in [-0.2, 0) is 4.79 Å². The topological polar surface area (TPSA) is 91.1 Å². The summed E-state index contributed by atoms with van der Waals surface area (Å²) in [5.74, 6) is 1.30. The number of carbonyl (C=O) groups is 1. The predicted molar refractivity (Wildman–Crippen MR) is 84.2 cm³/mol. The lowest BCUT2D eigenvalue weighted by Gasteiger charge is -2.25. The van der Waals surface area contributed by atoms with E-state index in [2.05, 4.69) is 15.5 Å². The van der Waals surface area contributed by atoms with Gasteiger partial charge in [0.2, 0.25) is 5.91 Å². The van der Waals surface area contributed by atoms with Crippen LogP contribution in [0.5, 0.6) is 5.75 Å². The van der Waals surface area contributed by atoms with Gasteiger partial charge in [-0.15, -0.1) is 0 Å². The van der Waals surface area contributed by atoms with E-state index in [1.165, 1.54) is 0 Å². The van der Waals surface area contributed by atoms with Crippen LogP contribution in [-0.4, -0.2) is 21.2 Å². The number of benzene rings is 1. The van der Waals surface area contributed by atoms with E-state index < -0.39 is 0 Å². The molecule has 0 fully saturated rings. The Morgan fingerprint density at radius 2 is 2.17 bits per heavy atom. The average Bonchev–Trinajstić information content (AvgIpc) is 3.18. The minimum absolute atomic E-state index is 0.0924. The molecule has 0 bridgehead atoms. The van der Waals surface area contributed by atoms with Crippen molar-refractivity contribution in [2.24, 2.45) is 0 Å². The summed E-state index contributed by atoms with van der Waals surface area (Å²) in [5, 5.41) is 19.4. The largest absolute Gasteiger partial charge is 0.508 e. The highest BCUT2D eigenvalue weighted by atomic mass is 16.3. The van der Waals surface area contributed by atoms with Crippen molar-refractivity contribution in [2.75, 3.05) is 5.32 Å². The second kappa shape index (κ2) is 5.01. The van der Waals surface area contributed by atoms with Gasteiger partial charge < -0.3 is 14.8 Å². The molecule has 116 valence electrons. The molecular formula is C17H15N3O3. The zero-order valence-electron chi connectivity index (χ0n) is 12.5. The van der Waals surface area contributed by atoms with E-state index in [9.17, 15) is 9.90 Å². The Bertz CT molecular complexity index is 881. The van der Waals surface area contributed by atoms with E-state index in [-0.39, 0.29) is 17.6 Å². The van der Waals surface area contributed by atoms with Gasteiger partial charge in [-0.05, 0) is 42.3 Å². The fourth-order valence-electron chi connectivity index (χ4n) is 2.94. The number of anilines is 1. The summed E-state index contributed by atoms with van der Waals surface area (Å²) < 4.78 is 5.93. The highest BCUT2D eigenvalue weighted by Gasteiger charge is 2.29. The molecule has 0 aliphatic carbocycles. The number of fused-ring (bicyclic) bond motifs is 1. The molecule has 3 aromatic rings. The van der Waals surface area contributed by atoms with Gasteiger partial charge in [0.1, 0.15) is 17.2 Å². The van der Waals surface area contributed by atoms with Crippen LogP contribution < -0.4 is 5.32 Å². The minimum Gasteiger partial charge on any atom is -0.508 e. The maximum atomic E-state index is 12.0. The summed E-state index contributed by atoms with van der Waals surface area (Å²) >= 11 is 0. The molecule has 0 radical (unpaired) electrons. The van der Waals surface area contributed by atoms with Gasteiger partial charge in [0.15, 0.2) is 5.76 Å². The van der Waals surface area contributed by atoms with Gasteiger partial charge in [0.25, 0.3) is 0 Å². The molecule has 6 heteroatoms. The lowest BCUT2D eigenvalue weighted by atomic mass is 9.87. The van der Waals surface area contributed by atoms with Crippen LogP contribution in [0.2, 0.25) is 0 Å². The molecule has 3 N–H and O–H groups in total. The molecule has 0 saturated heterocycles.